The molecule has 2 aromatic rings. The predicted molar refractivity (Wildman–Crippen MR) is 56.1 cm³/mol. The summed E-state index contributed by atoms with van der Waals surface area (Å²) in [5.41, 5.74) is -1.09. The molecule has 1 aromatic heterocycles. The number of aromatic nitrogens is 1. The zero-order chi connectivity index (χ0) is 11.9. The highest BCUT2D eigenvalue weighted by atomic mass is 79.9. The molecule has 0 aliphatic carbocycles. The fourth-order valence-corrected chi connectivity index (χ4v) is 1.83. The van der Waals surface area contributed by atoms with E-state index in [2.05, 4.69) is 20.9 Å². The van der Waals surface area contributed by atoms with Gasteiger partial charge < -0.3 is 5.11 Å². The molecule has 2 nitrogen and oxygen atoms in total. The van der Waals surface area contributed by atoms with E-state index in [-0.39, 0.29) is 5.52 Å². The maximum absolute atomic E-state index is 12.4. The van der Waals surface area contributed by atoms with Crippen LogP contribution >= 0.6 is 15.9 Å². The van der Waals surface area contributed by atoms with E-state index in [1.165, 1.54) is 6.07 Å². The smallest absolute Gasteiger partial charge is 0.437 e. The largest absolute Gasteiger partial charge is 0.506 e. The van der Waals surface area contributed by atoms with Crippen LogP contribution < -0.4 is 0 Å². The Morgan fingerprint density at radius 1 is 1.25 bits per heavy atom. The average molecular weight is 292 g/mol. The molecule has 0 radical (unpaired) electrons. The van der Waals surface area contributed by atoms with Gasteiger partial charge in [-0.3, -0.25) is 0 Å². The monoisotopic (exact) mass is 291 g/mol. The van der Waals surface area contributed by atoms with E-state index in [0.717, 1.165) is 6.07 Å². The molecule has 16 heavy (non-hydrogen) atoms. The number of pyridine rings is 1. The fourth-order valence-electron chi connectivity index (χ4n) is 1.36. The minimum Gasteiger partial charge on any atom is -0.506 e. The molecule has 0 unspecified atom stereocenters. The Kier molecular flexibility index (Phi) is 2.53. The number of hydrogen-bond donors (Lipinski definition) is 1. The molecule has 0 saturated carbocycles. The van der Waals surface area contributed by atoms with Crippen LogP contribution in [-0.4, -0.2) is 10.1 Å². The van der Waals surface area contributed by atoms with Crippen molar-refractivity contribution in [3.8, 4) is 5.75 Å². The quantitative estimate of drug-likeness (QED) is 0.802. The van der Waals surface area contributed by atoms with E-state index in [4.69, 9.17) is 0 Å². The van der Waals surface area contributed by atoms with Crippen molar-refractivity contribution in [3.63, 3.8) is 0 Å². The highest BCUT2D eigenvalue weighted by molar-refractivity contribution is 9.10. The predicted octanol–water partition coefficient (Wildman–Crippen LogP) is 3.72. The summed E-state index contributed by atoms with van der Waals surface area (Å²) in [6.45, 7) is 0. The van der Waals surface area contributed by atoms with Crippen molar-refractivity contribution in [1.82, 2.24) is 4.98 Å². The number of rotatable bonds is 0. The number of fused-ring (bicyclic) bond motifs is 1. The maximum Gasteiger partial charge on any atom is 0.437 e. The zero-order valence-corrected chi connectivity index (χ0v) is 9.30. The molecular formula is C10H5BrF3NO. The average Bonchev–Trinajstić information content (AvgIpc) is 2.17. The molecule has 1 aromatic carbocycles. The van der Waals surface area contributed by atoms with Crippen molar-refractivity contribution in [2.75, 3.05) is 0 Å². The highest BCUT2D eigenvalue weighted by Crippen LogP contribution is 2.37. The first-order valence-electron chi connectivity index (χ1n) is 4.25. The molecule has 0 saturated heterocycles. The lowest BCUT2D eigenvalue weighted by Gasteiger charge is -2.09. The van der Waals surface area contributed by atoms with Crippen LogP contribution in [0, 0.1) is 0 Å². The van der Waals surface area contributed by atoms with E-state index < -0.39 is 17.6 Å². The minimum atomic E-state index is -4.65. The topological polar surface area (TPSA) is 33.1 Å². The summed E-state index contributed by atoms with van der Waals surface area (Å²) in [7, 11) is 0. The van der Waals surface area contributed by atoms with Gasteiger partial charge in [-0.1, -0.05) is 22.0 Å². The Morgan fingerprint density at radius 3 is 2.56 bits per heavy atom. The van der Waals surface area contributed by atoms with Gasteiger partial charge in [-0.05, 0) is 18.2 Å². The number of hydrogen-bond acceptors (Lipinski definition) is 2. The second kappa shape index (κ2) is 3.62. The van der Waals surface area contributed by atoms with Gasteiger partial charge in [0.2, 0.25) is 0 Å². The summed E-state index contributed by atoms with van der Waals surface area (Å²) in [4.78, 5) is 3.40. The third-order valence-electron chi connectivity index (χ3n) is 2.05. The number of benzene rings is 1. The lowest BCUT2D eigenvalue weighted by Crippen LogP contribution is -2.08. The van der Waals surface area contributed by atoms with Gasteiger partial charge in [-0.2, -0.15) is 13.2 Å². The molecule has 0 aliphatic rings. The molecule has 1 heterocycles. The Morgan fingerprint density at radius 2 is 1.94 bits per heavy atom. The van der Waals surface area contributed by atoms with E-state index in [1.807, 2.05) is 0 Å². The van der Waals surface area contributed by atoms with Crippen molar-refractivity contribution in [1.29, 1.82) is 0 Å². The second-order valence-electron chi connectivity index (χ2n) is 3.16. The van der Waals surface area contributed by atoms with Crippen LogP contribution in [0.25, 0.3) is 10.9 Å². The Labute approximate surface area is 96.9 Å². The van der Waals surface area contributed by atoms with Crippen LogP contribution in [0.1, 0.15) is 5.69 Å². The number of halogens is 4. The first-order chi connectivity index (χ1) is 7.39. The SMILES string of the molecule is Oc1cc2c(Br)cccc2nc1C(F)(F)F. The van der Waals surface area contributed by atoms with Gasteiger partial charge in [0, 0.05) is 9.86 Å². The van der Waals surface area contributed by atoms with Crippen molar-refractivity contribution in [3.05, 3.63) is 34.4 Å². The van der Waals surface area contributed by atoms with Crippen molar-refractivity contribution >= 4 is 26.8 Å². The van der Waals surface area contributed by atoms with E-state index in [9.17, 15) is 18.3 Å². The van der Waals surface area contributed by atoms with Crippen molar-refractivity contribution in [2.24, 2.45) is 0 Å². The normalized spacial score (nSPS) is 12.0. The van der Waals surface area contributed by atoms with Crippen molar-refractivity contribution < 1.29 is 18.3 Å². The molecule has 6 heteroatoms. The Balaban J connectivity index is 2.78. The van der Waals surface area contributed by atoms with Crippen LogP contribution in [0.3, 0.4) is 0 Å². The molecule has 2 rings (SSSR count). The Bertz CT molecular complexity index is 553. The molecule has 0 fully saturated rings. The van der Waals surface area contributed by atoms with Gasteiger partial charge in [0.25, 0.3) is 0 Å². The fraction of sp³-hybridized carbons (Fsp3) is 0.100. The van der Waals surface area contributed by atoms with E-state index >= 15 is 0 Å². The summed E-state index contributed by atoms with van der Waals surface area (Å²) in [6.07, 6.45) is -4.65. The molecular weight excluding hydrogens is 287 g/mol. The van der Waals surface area contributed by atoms with Gasteiger partial charge in [0.05, 0.1) is 5.52 Å². The Hall–Kier alpha value is -1.30. The molecule has 0 amide bonds. The first kappa shape index (κ1) is 11.2. The summed E-state index contributed by atoms with van der Waals surface area (Å²) >= 11 is 3.17. The summed E-state index contributed by atoms with van der Waals surface area (Å²) < 4.78 is 37.9. The van der Waals surface area contributed by atoms with Gasteiger partial charge in [0.15, 0.2) is 5.69 Å². The molecule has 84 valence electrons. The van der Waals surface area contributed by atoms with Crippen molar-refractivity contribution in [2.45, 2.75) is 6.18 Å². The third-order valence-corrected chi connectivity index (χ3v) is 2.75. The van der Waals surface area contributed by atoms with Crippen LogP contribution in [0.4, 0.5) is 13.2 Å². The van der Waals surface area contributed by atoms with Crippen LogP contribution in [0.2, 0.25) is 0 Å². The maximum atomic E-state index is 12.4. The number of nitrogens with zero attached hydrogens (tertiary/aromatic N) is 1. The highest BCUT2D eigenvalue weighted by Gasteiger charge is 2.36. The van der Waals surface area contributed by atoms with Gasteiger partial charge in [-0.25, -0.2) is 4.98 Å². The molecule has 0 aliphatic heterocycles. The summed E-state index contributed by atoms with van der Waals surface area (Å²) in [6, 6.07) is 5.75. The summed E-state index contributed by atoms with van der Waals surface area (Å²) in [5, 5.41) is 9.70. The minimum absolute atomic E-state index is 0.180. The third kappa shape index (κ3) is 1.84. The second-order valence-corrected chi connectivity index (χ2v) is 4.01. The molecule has 0 spiro atoms. The van der Waals surface area contributed by atoms with Gasteiger partial charge in [0.1, 0.15) is 5.75 Å². The standard InChI is InChI=1S/C10H5BrF3NO/c11-6-2-1-3-7-5(6)4-8(16)9(15-7)10(12,13)14/h1-4,16H. The molecule has 0 bridgehead atoms. The molecule has 1 N–H and O–H groups in total. The number of aromatic hydroxyl groups is 1. The zero-order valence-electron chi connectivity index (χ0n) is 7.72. The van der Waals surface area contributed by atoms with E-state index in [0.29, 0.717) is 9.86 Å². The van der Waals surface area contributed by atoms with Gasteiger partial charge >= 0.3 is 6.18 Å². The first-order valence-corrected chi connectivity index (χ1v) is 5.04. The molecule has 0 atom stereocenters. The van der Waals surface area contributed by atoms with Crippen LogP contribution in [-0.2, 0) is 6.18 Å². The van der Waals surface area contributed by atoms with Crippen LogP contribution in [0.5, 0.6) is 5.75 Å². The lowest BCUT2D eigenvalue weighted by molar-refractivity contribution is -0.142. The van der Waals surface area contributed by atoms with Gasteiger partial charge in [-0.15, -0.1) is 0 Å². The lowest BCUT2D eigenvalue weighted by atomic mass is 10.2. The number of alkyl halides is 3. The van der Waals surface area contributed by atoms with E-state index in [1.54, 1.807) is 12.1 Å². The summed E-state index contributed by atoms with van der Waals surface area (Å²) in [5.74, 6) is -0.869. The van der Waals surface area contributed by atoms with Crippen LogP contribution in [0.15, 0.2) is 28.7 Å².